The van der Waals surface area contributed by atoms with E-state index in [1.54, 1.807) is 38.5 Å². The number of aliphatic hydroxyl groups is 1. The second-order valence-electron chi connectivity index (χ2n) is 8.83. The number of carbonyl (C=O) groups excluding carboxylic acids is 1. The first-order valence-electron chi connectivity index (χ1n) is 10.1. The van der Waals surface area contributed by atoms with E-state index in [2.05, 4.69) is 33.9 Å². The monoisotopic (exact) mass is 426 g/mol. The molecule has 0 amide bonds. The third-order valence-corrected chi connectivity index (χ3v) is 10.2. The third-order valence-electron chi connectivity index (χ3n) is 5.69. The molecule has 1 N–H and O–H groups in total. The Morgan fingerprint density at radius 3 is 2.21 bits per heavy atom. The van der Waals surface area contributed by atoms with Crippen molar-refractivity contribution in [1.82, 2.24) is 0 Å². The lowest BCUT2D eigenvalue weighted by atomic mass is 9.97. The fourth-order valence-electron chi connectivity index (χ4n) is 2.60. The standard InChI is InChI=1S/C22H38O6Si/c1-22(2,3)29(6,7)28-14-13-19(23)18(15-20(25-4)26-5)16-27-21(24)17-11-9-8-10-12-17/h8-12,18-20,23H,13-16H2,1-7H3/t18-,19-/m1/s1. The molecular weight excluding hydrogens is 388 g/mol. The molecular formula is C22H38O6Si. The molecule has 0 fully saturated rings. The largest absolute Gasteiger partial charge is 0.462 e. The van der Waals surface area contributed by atoms with Crippen molar-refractivity contribution in [3.8, 4) is 0 Å². The number of carbonyl (C=O) groups is 1. The van der Waals surface area contributed by atoms with Crippen LogP contribution in [-0.2, 0) is 18.6 Å². The van der Waals surface area contributed by atoms with E-state index in [0.717, 1.165) is 0 Å². The van der Waals surface area contributed by atoms with Crippen LogP contribution < -0.4 is 0 Å². The quantitative estimate of drug-likeness (QED) is 0.306. The van der Waals surface area contributed by atoms with E-state index in [-0.39, 0.29) is 17.6 Å². The second kappa shape index (κ2) is 11.8. The summed E-state index contributed by atoms with van der Waals surface area (Å²) in [5.41, 5.74) is 0.483. The van der Waals surface area contributed by atoms with Crippen LogP contribution >= 0.6 is 0 Å². The van der Waals surface area contributed by atoms with Crippen molar-refractivity contribution in [2.24, 2.45) is 5.92 Å². The zero-order valence-electron chi connectivity index (χ0n) is 18.9. The maximum Gasteiger partial charge on any atom is 0.338 e. The van der Waals surface area contributed by atoms with Gasteiger partial charge < -0.3 is 23.7 Å². The van der Waals surface area contributed by atoms with E-state index in [9.17, 15) is 9.90 Å². The summed E-state index contributed by atoms with van der Waals surface area (Å²) >= 11 is 0. The van der Waals surface area contributed by atoms with Crippen molar-refractivity contribution in [2.45, 2.75) is 64.1 Å². The molecule has 0 spiro atoms. The van der Waals surface area contributed by atoms with Crippen molar-refractivity contribution in [1.29, 1.82) is 0 Å². The molecule has 6 nitrogen and oxygen atoms in total. The number of ether oxygens (including phenoxy) is 3. The van der Waals surface area contributed by atoms with Crippen LogP contribution in [0.3, 0.4) is 0 Å². The van der Waals surface area contributed by atoms with Gasteiger partial charge in [0, 0.05) is 33.2 Å². The highest BCUT2D eigenvalue weighted by molar-refractivity contribution is 6.74. The molecule has 0 aromatic heterocycles. The molecule has 0 aliphatic heterocycles. The summed E-state index contributed by atoms with van der Waals surface area (Å²) in [4.78, 5) is 12.3. The fraction of sp³-hybridized carbons (Fsp3) is 0.682. The lowest BCUT2D eigenvalue weighted by Crippen LogP contribution is -2.42. The van der Waals surface area contributed by atoms with Gasteiger partial charge in [0.05, 0.1) is 18.3 Å². The molecule has 0 aliphatic rings. The molecule has 0 aliphatic carbocycles. The Labute approximate surface area is 176 Å². The number of aliphatic hydroxyl groups excluding tert-OH is 1. The highest BCUT2D eigenvalue weighted by Gasteiger charge is 2.37. The van der Waals surface area contributed by atoms with Gasteiger partial charge in [-0.25, -0.2) is 4.79 Å². The van der Waals surface area contributed by atoms with Gasteiger partial charge in [-0.05, 0) is 36.7 Å². The van der Waals surface area contributed by atoms with Gasteiger partial charge in [0.25, 0.3) is 0 Å². The highest BCUT2D eigenvalue weighted by Crippen LogP contribution is 2.36. The molecule has 0 radical (unpaired) electrons. The first-order valence-corrected chi connectivity index (χ1v) is 13.0. The van der Waals surface area contributed by atoms with E-state index in [1.807, 2.05) is 6.07 Å². The van der Waals surface area contributed by atoms with Crippen LogP contribution in [0.2, 0.25) is 18.1 Å². The van der Waals surface area contributed by atoms with Crippen molar-refractivity contribution in [2.75, 3.05) is 27.4 Å². The van der Waals surface area contributed by atoms with Gasteiger partial charge in [-0.15, -0.1) is 0 Å². The van der Waals surface area contributed by atoms with Gasteiger partial charge in [0.2, 0.25) is 0 Å². The lowest BCUT2D eigenvalue weighted by molar-refractivity contribution is -0.126. The van der Waals surface area contributed by atoms with E-state index >= 15 is 0 Å². The molecule has 0 bridgehead atoms. The maximum absolute atomic E-state index is 12.3. The van der Waals surface area contributed by atoms with Gasteiger partial charge in [-0.3, -0.25) is 0 Å². The number of rotatable bonds is 12. The maximum atomic E-state index is 12.3. The van der Waals surface area contributed by atoms with E-state index in [0.29, 0.717) is 25.0 Å². The summed E-state index contributed by atoms with van der Waals surface area (Å²) in [6.07, 6.45) is -0.307. The average molecular weight is 427 g/mol. The Morgan fingerprint density at radius 1 is 1.10 bits per heavy atom. The summed E-state index contributed by atoms with van der Waals surface area (Å²) in [6, 6.07) is 8.81. The van der Waals surface area contributed by atoms with Crippen molar-refractivity contribution in [3.63, 3.8) is 0 Å². The van der Waals surface area contributed by atoms with Gasteiger partial charge >= 0.3 is 5.97 Å². The topological polar surface area (TPSA) is 74.2 Å². The molecule has 1 rings (SSSR count). The van der Waals surface area contributed by atoms with Crippen LogP contribution in [0.25, 0.3) is 0 Å². The van der Waals surface area contributed by atoms with Gasteiger partial charge in [0.15, 0.2) is 14.6 Å². The molecule has 7 heteroatoms. The number of methoxy groups -OCH3 is 2. The average Bonchev–Trinajstić information content (AvgIpc) is 2.67. The summed E-state index contributed by atoms with van der Waals surface area (Å²) in [5, 5.41) is 10.9. The van der Waals surface area contributed by atoms with Crippen LogP contribution in [0, 0.1) is 5.92 Å². The Hall–Kier alpha value is -1.25. The summed E-state index contributed by atoms with van der Waals surface area (Å²) in [7, 11) is 1.22. The minimum atomic E-state index is -1.88. The van der Waals surface area contributed by atoms with Crippen LogP contribution in [0.5, 0.6) is 0 Å². The van der Waals surface area contributed by atoms with Crippen molar-refractivity contribution in [3.05, 3.63) is 35.9 Å². The molecule has 29 heavy (non-hydrogen) atoms. The minimum absolute atomic E-state index is 0.0816. The normalized spacial score (nSPS) is 14.7. The van der Waals surface area contributed by atoms with E-state index < -0.39 is 26.7 Å². The van der Waals surface area contributed by atoms with Crippen molar-refractivity contribution < 1.29 is 28.5 Å². The smallest absolute Gasteiger partial charge is 0.338 e. The minimum Gasteiger partial charge on any atom is -0.462 e. The number of hydrogen-bond acceptors (Lipinski definition) is 6. The number of hydrogen-bond donors (Lipinski definition) is 1. The molecule has 1 aromatic carbocycles. The predicted molar refractivity (Wildman–Crippen MR) is 116 cm³/mol. The Balaban J connectivity index is 2.69. The second-order valence-corrected chi connectivity index (χ2v) is 13.6. The Kier molecular flexibility index (Phi) is 10.5. The molecule has 2 atom stereocenters. The SMILES string of the molecule is COC(C[C@H](COC(=O)c1ccccc1)[C@H](O)CCO[Si](C)(C)C(C)(C)C)OC. The Morgan fingerprint density at radius 2 is 1.69 bits per heavy atom. The fourth-order valence-corrected chi connectivity index (χ4v) is 3.66. The highest BCUT2D eigenvalue weighted by atomic mass is 28.4. The van der Waals surface area contributed by atoms with Gasteiger partial charge in [0.1, 0.15) is 0 Å². The number of benzene rings is 1. The van der Waals surface area contributed by atoms with Crippen LogP contribution in [0.1, 0.15) is 44.0 Å². The van der Waals surface area contributed by atoms with Gasteiger partial charge in [-0.1, -0.05) is 39.0 Å². The van der Waals surface area contributed by atoms with Crippen molar-refractivity contribution >= 4 is 14.3 Å². The van der Waals surface area contributed by atoms with E-state index in [4.69, 9.17) is 18.6 Å². The molecule has 0 saturated heterocycles. The zero-order chi connectivity index (χ0) is 22.1. The lowest BCUT2D eigenvalue weighted by Gasteiger charge is -2.36. The number of esters is 1. The molecule has 1 aromatic rings. The molecule has 166 valence electrons. The first-order chi connectivity index (χ1) is 13.5. The van der Waals surface area contributed by atoms with E-state index in [1.165, 1.54) is 0 Å². The first kappa shape index (κ1) is 25.8. The molecule has 0 saturated carbocycles. The zero-order valence-corrected chi connectivity index (χ0v) is 19.9. The van der Waals surface area contributed by atoms with Crippen LogP contribution in [0.4, 0.5) is 0 Å². The summed E-state index contributed by atoms with van der Waals surface area (Å²) in [5.74, 6) is -0.734. The summed E-state index contributed by atoms with van der Waals surface area (Å²) < 4.78 is 22.2. The Bertz CT molecular complexity index is 595. The third kappa shape index (κ3) is 8.56. The predicted octanol–water partition coefficient (Wildman–Crippen LogP) is 4.24. The van der Waals surface area contributed by atoms with Crippen LogP contribution in [-0.4, -0.2) is 59.2 Å². The molecule has 0 heterocycles. The molecule has 0 unspecified atom stereocenters. The van der Waals surface area contributed by atoms with Crippen LogP contribution in [0.15, 0.2) is 30.3 Å². The summed E-state index contributed by atoms with van der Waals surface area (Å²) in [6.45, 7) is 11.5. The van der Waals surface area contributed by atoms with Gasteiger partial charge in [-0.2, -0.15) is 0 Å².